The van der Waals surface area contributed by atoms with Gasteiger partial charge < -0.3 is 0 Å². The third-order valence-corrected chi connectivity index (χ3v) is 3.36. The lowest BCUT2D eigenvalue weighted by molar-refractivity contribution is 0.419. The van der Waals surface area contributed by atoms with Gasteiger partial charge in [-0.05, 0) is 0 Å². The number of hydrogen-bond donors (Lipinski definition) is 0. The third kappa shape index (κ3) is 0.818. The maximum Gasteiger partial charge on any atom is 0.196 e. The molecule has 3 rings (SSSR count). The van der Waals surface area contributed by atoms with Crippen LogP contribution in [0.3, 0.4) is 0 Å². The number of aliphatic imine (C=N–C) groups is 1. The average molecular weight is 198 g/mol. The average Bonchev–Trinajstić information content (AvgIpc) is 2.62. The molecule has 0 saturated heterocycles. The van der Waals surface area contributed by atoms with Crippen molar-refractivity contribution in [3.05, 3.63) is 11.2 Å². The molecule has 4 nitrogen and oxygen atoms in total. The van der Waals surface area contributed by atoms with Crippen molar-refractivity contribution in [2.24, 2.45) is 10.1 Å². The van der Waals surface area contributed by atoms with Gasteiger partial charge in [0.15, 0.2) is 5.17 Å². The molecular weight excluding hydrogens is 192 g/mol. The van der Waals surface area contributed by atoms with E-state index >= 15 is 0 Å². The molecular formula is C6H6N4S2. The van der Waals surface area contributed by atoms with E-state index in [1.165, 1.54) is 0 Å². The van der Waals surface area contributed by atoms with Crippen LogP contribution < -0.4 is 0 Å². The van der Waals surface area contributed by atoms with Crippen LogP contribution >= 0.6 is 23.5 Å². The number of hydrazone groups is 1. The molecule has 0 bridgehead atoms. The summed E-state index contributed by atoms with van der Waals surface area (Å²) in [4.78, 5) is 6.22. The van der Waals surface area contributed by atoms with Gasteiger partial charge >= 0.3 is 0 Å². The highest BCUT2D eigenvalue weighted by Crippen LogP contribution is 2.34. The van der Waals surface area contributed by atoms with Crippen LogP contribution in [0.4, 0.5) is 0 Å². The van der Waals surface area contributed by atoms with E-state index < -0.39 is 0 Å². The predicted molar refractivity (Wildman–Crippen MR) is 52.6 cm³/mol. The molecule has 3 aliphatic heterocycles. The second-order valence-electron chi connectivity index (χ2n) is 2.50. The summed E-state index contributed by atoms with van der Waals surface area (Å²) in [6.07, 6.45) is 1.85. The Balaban J connectivity index is 2.03. The number of fused-ring (bicyclic) bond motifs is 3. The van der Waals surface area contributed by atoms with E-state index in [9.17, 15) is 0 Å². The quantitative estimate of drug-likeness (QED) is 0.583. The number of rotatable bonds is 0. The molecule has 3 aliphatic rings. The predicted octanol–water partition coefficient (Wildman–Crippen LogP) is 1.11. The number of hydrogen-bond acceptors (Lipinski definition) is 6. The Kier molecular flexibility index (Phi) is 1.39. The van der Waals surface area contributed by atoms with Gasteiger partial charge in [-0.15, -0.1) is 16.9 Å². The summed E-state index contributed by atoms with van der Waals surface area (Å²) in [5.74, 6) is 2.87. The molecule has 0 aromatic heterocycles. The van der Waals surface area contributed by atoms with Crippen LogP contribution in [0.5, 0.6) is 0 Å². The minimum atomic E-state index is 0.795. The molecule has 0 spiro atoms. The Labute approximate surface area is 78.4 Å². The monoisotopic (exact) mass is 198 g/mol. The molecule has 0 N–H and O–H groups in total. The van der Waals surface area contributed by atoms with Gasteiger partial charge in [-0.3, -0.25) is 9.89 Å². The zero-order valence-electron chi connectivity index (χ0n) is 6.17. The standard InChI is InChI=1S/C6H6N4S2/c1-5-9-2-7-3-12-6(9)8-10(5)4-11-1/h1-2H,3-4H2. The lowest BCUT2D eigenvalue weighted by Gasteiger charge is -2.17. The van der Waals surface area contributed by atoms with E-state index in [-0.39, 0.29) is 0 Å². The fourth-order valence-corrected chi connectivity index (χ4v) is 2.72. The van der Waals surface area contributed by atoms with Crippen molar-refractivity contribution in [2.75, 3.05) is 11.8 Å². The molecule has 0 aromatic carbocycles. The van der Waals surface area contributed by atoms with Crippen molar-refractivity contribution in [2.45, 2.75) is 0 Å². The van der Waals surface area contributed by atoms with E-state index in [4.69, 9.17) is 0 Å². The third-order valence-electron chi connectivity index (χ3n) is 1.77. The molecule has 0 unspecified atom stereocenters. The van der Waals surface area contributed by atoms with Gasteiger partial charge in [0.1, 0.15) is 5.82 Å². The van der Waals surface area contributed by atoms with Crippen LogP contribution in [0.2, 0.25) is 0 Å². The summed E-state index contributed by atoms with van der Waals surface area (Å²) in [6, 6.07) is 0. The molecule has 3 heterocycles. The molecule has 0 aliphatic carbocycles. The van der Waals surface area contributed by atoms with Gasteiger partial charge in [-0.2, -0.15) is 0 Å². The van der Waals surface area contributed by atoms with Crippen LogP contribution in [0, 0.1) is 0 Å². The van der Waals surface area contributed by atoms with Crippen LogP contribution in [-0.2, 0) is 0 Å². The van der Waals surface area contributed by atoms with Crippen molar-refractivity contribution in [1.29, 1.82) is 0 Å². The van der Waals surface area contributed by atoms with E-state index in [1.807, 2.05) is 16.2 Å². The highest BCUT2D eigenvalue weighted by Gasteiger charge is 2.32. The second-order valence-corrected chi connectivity index (χ2v) is 4.23. The smallest absolute Gasteiger partial charge is 0.196 e. The normalized spacial score (nSPS) is 25.3. The summed E-state index contributed by atoms with van der Waals surface area (Å²) in [5.41, 5.74) is 0. The highest BCUT2D eigenvalue weighted by atomic mass is 32.2. The zero-order chi connectivity index (χ0) is 7.97. The van der Waals surface area contributed by atoms with E-state index in [0.29, 0.717) is 0 Å². The van der Waals surface area contributed by atoms with E-state index in [0.717, 1.165) is 22.7 Å². The minimum absolute atomic E-state index is 0.795. The molecule has 0 radical (unpaired) electrons. The summed E-state index contributed by atoms with van der Waals surface area (Å²) in [7, 11) is 0. The molecule has 0 saturated carbocycles. The van der Waals surface area contributed by atoms with Crippen molar-refractivity contribution in [3.8, 4) is 0 Å². The first-order chi connectivity index (χ1) is 5.95. The molecule has 12 heavy (non-hydrogen) atoms. The Hall–Kier alpha value is -0.620. The number of amidine groups is 1. The first kappa shape index (κ1) is 6.85. The zero-order valence-corrected chi connectivity index (χ0v) is 7.81. The van der Waals surface area contributed by atoms with Crippen LogP contribution in [-0.4, -0.2) is 33.2 Å². The fraction of sp³-hybridized carbons (Fsp3) is 0.333. The van der Waals surface area contributed by atoms with E-state index in [1.54, 1.807) is 23.5 Å². The maximum absolute atomic E-state index is 4.43. The van der Waals surface area contributed by atoms with Gasteiger partial charge in [0, 0.05) is 5.41 Å². The topological polar surface area (TPSA) is 31.2 Å². The Bertz CT molecular complexity index is 309. The van der Waals surface area contributed by atoms with Crippen molar-refractivity contribution in [3.63, 3.8) is 0 Å². The molecule has 62 valence electrons. The van der Waals surface area contributed by atoms with Crippen molar-refractivity contribution in [1.82, 2.24) is 9.91 Å². The van der Waals surface area contributed by atoms with Gasteiger partial charge in [0.2, 0.25) is 0 Å². The first-order valence-corrected chi connectivity index (χ1v) is 5.58. The van der Waals surface area contributed by atoms with Crippen molar-refractivity contribution < 1.29 is 0 Å². The van der Waals surface area contributed by atoms with Crippen LogP contribution in [0.25, 0.3) is 0 Å². The molecule has 6 heteroatoms. The van der Waals surface area contributed by atoms with Crippen LogP contribution in [0.15, 0.2) is 21.3 Å². The van der Waals surface area contributed by atoms with Gasteiger partial charge in [0.05, 0.1) is 18.1 Å². The molecule has 0 aromatic rings. The first-order valence-electron chi connectivity index (χ1n) is 3.55. The lowest BCUT2D eigenvalue weighted by Crippen LogP contribution is -2.26. The Morgan fingerprint density at radius 2 is 2.50 bits per heavy atom. The minimum Gasteiger partial charge on any atom is -0.264 e. The van der Waals surface area contributed by atoms with E-state index in [2.05, 4.69) is 15.5 Å². The SMILES string of the molecule is C1=NCSC2=NN3CSC=C3N12. The van der Waals surface area contributed by atoms with Gasteiger partial charge in [-0.1, -0.05) is 11.8 Å². The summed E-state index contributed by atoms with van der Waals surface area (Å²) in [5, 5.41) is 9.61. The molecule has 0 amide bonds. The lowest BCUT2D eigenvalue weighted by atomic mass is 10.7. The molecule has 0 fully saturated rings. The van der Waals surface area contributed by atoms with Gasteiger partial charge in [-0.25, -0.2) is 5.01 Å². The Morgan fingerprint density at radius 1 is 1.50 bits per heavy atom. The summed E-state index contributed by atoms with van der Waals surface area (Å²) < 4.78 is 0. The van der Waals surface area contributed by atoms with Gasteiger partial charge in [0.25, 0.3) is 0 Å². The second kappa shape index (κ2) is 2.43. The fourth-order valence-electron chi connectivity index (χ4n) is 1.24. The number of nitrogens with zero attached hydrogens (tertiary/aromatic N) is 4. The largest absolute Gasteiger partial charge is 0.264 e. The highest BCUT2D eigenvalue weighted by molar-refractivity contribution is 8.13. The summed E-state index contributed by atoms with van der Waals surface area (Å²) >= 11 is 3.44. The molecule has 0 atom stereocenters. The van der Waals surface area contributed by atoms with Crippen molar-refractivity contribution >= 4 is 35.0 Å². The Morgan fingerprint density at radius 3 is 3.50 bits per heavy atom. The maximum atomic E-state index is 4.43. The summed E-state index contributed by atoms with van der Waals surface area (Å²) in [6.45, 7) is 0. The van der Waals surface area contributed by atoms with Crippen LogP contribution in [0.1, 0.15) is 0 Å². The number of thioether (sulfide) groups is 2.